The topological polar surface area (TPSA) is 35.5 Å². The first-order valence-corrected chi connectivity index (χ1v) is 7.06. The maximum atomic E-state index is 12.2. The number of ketones is 1. The molecule has 0 spiro atoms. The predicted octanol–water partition coefficient (Wildman–Crippen LogP) is 3.96. The quantitative estimate of drug-likeness (QED) is 0.753. The molecule has 0 amide bonds. The van der Waals surface area contributed by atoms with Gasteiger partial charge in [-0.15, -0.1) is 0 Å². The van der Waals surface area contributed by atoms with Crippen LogP contribution in [0.2, 0.25) is 0 Å². The van der Waals surface area contributed by atoms with Crippen molar-refractivity contribution in [3.8, 4) is 11.5 Å². The zero-order valence-corrected chi connectivity index (χ0v) is 12.7. The predicted molar refractivity (Wildman–Crippen MR) is 83.4 cm³/mol. The van der Waals surface area contributed by atoms with Gasteiger partial charge in [0.05, 0.1) is 6.61 Å². The number of Topliss-reactive ketones (excluding diaryl/α,β-unsaturated/α-hetero) is 1. The van der Waals surface area contributed by atoms with Gasteiger partial charge in [0, 0.05) is 11.6 Å². The minimum Gasteiger partial charge on any atom is -0.494 e. The Labute approximate surface area is 125 Å². The fourth-order valence-corrected chi connectivity index (χ4v) is 2.08. The maximum absolute atomic E-state index is 12.2. The van der Waals surface area contributed by atoms with E-state index in [4.69, 9.17) is 9.47 Å². The van der Waals surface area contributed by atoms with E-state index in [2.05, 4.69) is 0 Å². The van der Waals surface area contributed by atoms with Crippen LogP contribution in [0, 0.1) is 13.8 Å². The highest BCUT2D eigenvalue weighted by molar-refractivity contribution is 5.98. The van der Waals surface area contributed by atoms with Gasteiger partial charge in [0.25, 0.3) is 0 Å². The van der Waals surface area contributed by atoms with E-state index in [0.29, 0.717) is 12.4 Å². The van der Waals surface area contributed by atoms with E-state index in [-0.39, 0.29) is 12.4 Å². The number of rotatable bonds is 6. The normalized spacial score (nSPS) is 10.2. The Bertz CT molecular complexity index is 632. The van der Waals surface area contributed by atoms with Crippen LogP contribution in [0.25, 0.3) is 0 Å². The molecule has 0 aliphatic rings. The van der Waals surface area contributed by atoms with Crippen molar-refractivity contribution in [2.45, 2.75) is 20.8 Å². The zero-order valence-electron chi connectivity index (χ0n) is 12.7. The number of carbonyl (C=O) groups excluding carboxylic acids is 1. The monoisotopic (exact) mass is 284 g/mol. The molecule has 0 aliphatic carbocycles. The van der Waals surface area contributed by atoms with Gasteiger partial charge in [-0.25, -0.2) is 0 Å². The van der Waals surface area contributed by atoms with Crippen molar-refractivity contribution in [3.05, 3.63) is 59.2 Å². The first-order chi connectivity index (χ1) is 10.1. The third-order valence-electron chi connectivity index (χ3n) is 3.18. The molecule has 0 radical (unpaired) electrons. The van der Waals surface area contributed by atoms with Gasteiger partial charge in [-0.2, -0.15) is 0 Å². The van der Waals surface area contributed by atoms with Crippen LogP contribution in [0.5, 0.6) is 11.5 Å². The smallest absolute Gasteiger partial charge is 0.200 e. The minimum atomic E-state index is -0.0157. The minimum absolute atomic E-state index is 0.0157. The molecule has 0 aromatic heterocycles. The highest BCUT2D eigenvalue weighted by atomic mass is 16.5. The third kappa shape index (κ3) is 4.09. The van der Waals surface area contributed by atoms with Crippen molar-refractivity contribution in [2.24, 2.45) is 0 Å². The molecule has 0 heterocycles. The van der Waals surface area contributed by atoms with Crippen molar-refractivity contribution in [3.63, 3.8) is 0 Å². The lowest BCUT2D eigenvalue weighted by molar-refractivity contribution is 0.0920. The number of hydrogen-bond donors (Lipinski definition) is 0. The number of ether oxygens (including phenoxy) is 2. The Morgan fingerprint density at radius 1 is 1.00 bits per heavy atom. The Morgan fingerprint density at radius 2 is 1.71 bits per heavy atom. The highest BCUT2D eigenvalue weighted by Crippen LogP contribution is 2.20. The van der Waals surface area contributed by atoms with Crippen molar-refractivity contribution in [1.29, 1.82) is 0 Å². The lowest BCUT2D eigenvalue weighted by atomic mass is 10.0. The molecule has 0 atom stereocenters. The Morgan fingerprint density at radius 3 is 2.43 bits per heavy atom. The first-order valence-electron chi connectivity index (χ1n) is 7.06. The van der Waals surface area contributed by atoms with E-state index in [9.17, 15) is 4.79 Å². The van der Waals surface area contributed by atoms with Gasteiger partial charge in [-0.05, 0) is 44.5 Å². The molecule has 2 aromatic carbocycles. The summed E-state index contributed by atoms with van der Waals surface area (Å²) in [6.07, 6.45) is 0. The molecule has 0 bridgehead atoms. The summed E-state index contributed by atoms with van der Waals surface area (Å²) in [6, 6.07) is 13.2. The van der Waals surface area contributed by atoms with Crippen LogP contribution in [0.15, 0.2) is 42.5 Å². The van der Waals surface area contributed by atoms with E-state index in [1.165, 1.54) is 0 Å². The molecule has 3 nitrogen and oxygen atoms in total. The SMILES string of the molecule is CCOc1cccc(OCC(=O)c2cc(C)ccc2C)c1. The van der Waals surface area contributed by atoms with E-state index < -0.39 is 0 Å². The molecule has 3 heteroatoms. The third-order valence-corrected chi connectivity index (χ3v) is 3.18. The standard InChI is InChI=1S/C18H20O3/c1-4-20-15-6-5-7-16(11-15)21-12-18(19)17-10-13(2)8-9-14(17)3/h5-11H,4,12H2,1-3H3. The molecule has 0 saturated heterocycles. The molecule has 0 saturated carbocycles. The van der Waals surface area contributed by atoms with Crippen LogP contribution < -0.4 is 9.47 Å². The molecule has 2 rings (SSSR count). The van der Waals surface area contributed by atoms with Crippen molar-refractivity contribution in [2.75, 3.05) is 13.2 Å². The molecule has 0 N–H and O–H groups in total. The molecule has 0 aliphatic heterocycles. The maximum Gasteiger partial charge on any atom is 0.200 e. The van der Waals surface area contributed by atoms with E-state index in [0.717, 1.165) is 22.4 Å². The van der Waals surface area contributed by atoms with Gasteiger partial charge in [0.2, 0.25) is 0 Å². The van der Waals surface area contributed by atoms with Gasteiger partial charge in [-0.3, -0.25) is 4.79 Å². The van der Waals surface area contributed by atoms with Gasteiger partial charge >= 0.3 is 0 Å². The molecule has 21 heavy (non-hydrogen) atoms. The summed E-state index contributed by atoms with van der Waals surface area (Å²) in [5.74, 6) is 1.37. The number of hydrogen-bond acceptors (Lipinski definition) is 3. The lowest BCUT2D eigenvalue weighted by Crippen LogP contribution is -2.13. The van der Waals surface area contributed by atoms with E-state index >= 15 is 0 Å². The Hall–Kier alpha value is -2.29. The summed E-state index contributed by atoms with van der Waals surface area (Å²) in [7, 11) is 0. The summed E-state index contributed by atoms with van der Waals surface area (Å²) in [6.45, 7) is 6.47. The second kappa shape index (κ2) is 6.93. The summed E-state index contributed by atoms with van der Waals surface area (Å²) in [5.41, 5.74) is 2.76. The van der Waals surface area contributed by atoms with E-state index in [1.807, 2.05) is 57.2 Å². The van der Waals surface area contributed by atoms with Crippen LogP contribution in [-0.2, 0) is 0 Å². The molecule has 2 aromatic rings. The molecular weight excluding hydrogens is 264 g/mol. The fourth-order valence-electron chi connectivity index (χ4n) is 2.08. The Balaban J connectivity index is 2.04. The van der Waals surface area contributed by atoms with Gasteiger partial charge in [0.15, 0.2) is 12.4 Å². The summed E-state index contributed by atoms with van der Waals surface area (Å²) in [5, 5.41) is 0. The zero-order chi connectivity index (χ0) is 15.2. The average molecular weight is 284 g/mol. The highest BCUT2D eigenvalue weighted by Gasteiger charge is 2.10. The van der Waals surface area contributed by atoms with Crippen molar-refractivity contribution in [1.82, 2.24) is 0 Å². The van der Waals surface area contributed by atoms with Crippen LogP contribution >= 0.6 is 0 Å². The second-order valence-electron chi connectivity index (χ2n) is 4.94. The van der Waals surface area contributed by atoms with E-state index in [1.54, 1.807) is 6.07 Å². The summed E-state index contributed by atoms with van der Waals surface area (Å²) >= 11 is 0. The van der Waals surface area contributed by atoms with Crippen molar-refractivity contribution < 1.29 is 14.3 Å². The van der Waals surface area contributed by atoms with Crippen LogP contribution in [0.3, 0.4) is 0 Å². The number of aryl methyl sites for hydroxylation is 2. The molecular formula is C18H20O3. The van der Waals surface area contributed by atoms with Crippen molar-refractivity contribution >= 4 is 5.78 Å². The molecule has 0 fully saturated rings. The van der Waals surface area contributed by atoms with Gasteiger partial charge < -0.3 is 9.47 Å². The number of benzene rings is 2. The number of carbonyl (C=O) groups is 1. The Kier molecular flexibility index (Phi) is 4.99. The first kappa shape index (κ1) is 15.1. The average Bonchev–Trinajstić information content (AvgIpc) is 2.48. The lowest BCUT2D eigenvalue weighted by Gasteiger charge is -2.09. The van der Waals surface area contributed by atoms with Gasteiger partial charge in [0.1, 0.15) is 11.5 Å². The summed E-state index contributed by atoms with van der Waals surface area (Å²) in [4.78, 5) is 12.2. The fraction of sp³-hybridized carbons (Fsp3) is 0.278. The summed E-state index contributed by atoms with van der Waals surface area (Å²) < 4.78 is 11.0. The van der Waals surface area contributed by atoms with Crippen LogP contribution in [-0.4, -0.2) is 19.0 Å². The van der Waals surface area contributed by atoms with Crippen LogP contribution in [0.4, 0.5) is 0 Å². The largest absolute Gasteiger partial charge is 0.494 e. The molecule has 0 unspecified atom stereocenters. The molecule has 110 valence electrons. The van der Waals surface area contributed by atoms with Crippen LogP contribution in [0.1, 0.15) is 28.4 Å². The second-order valence-corrected chi connectivity index (χ2v) is 4.94. The van der Waals surface area contributed by atoms with Gasteiger partial charge in [-0.1, -0.05) is 23.8 Å².